The molecule has 0 saturated heterocycles. The van der Waals surface area contributed by atoms with E-state index in [4.69, 9.17) is 0 Å². The highest BCUT2D eigenvalue weighted by molar-refractivity contribution is 9.10. The summed E-state index contributed by atoms with van der Waals surface area (Å²) in [5.41, 5.74) is 1.42. The van der Waals surface area contributed by atoms with Crippen LogP contribution in [0.25, 0.3) is 0 Å². The smallest absolute Gasteiger partial charge is 0.280 e. The fraction of sp³-hybridized carbons (Fsp3) is 0.250. The van der Waals surface area contributed by atoms with Crippen LogP contribution in [0.3, 0.4) is 0 Å². The molecule has 4 nitrogen and oxygen atoms in total. The summed E-state index contributed by atoms with van der Waals surface area (Å²) in [7, 11) is 0. The van der Waals surface area contributed by atoms with Crippen molar-refractivity contribution in [3.05, 3.63) is 33.2 Å². The van der Waals surface area contributed by atoms with Crippen LogP contribution in [0.2, 0.25) is 0 Å². The fourth-order valence-electron chi connectivity index (χ4n) is 0.753. The SMILES string of the molecule is C=C(C)CNc1cn[nH]c(=O)c1Br. The van der Waals surface area contributed by atoms with Gasteiger partial charge in [-0.1, -0.05) is 12.2 Å². The third kappa shape index (κ3) is 2.69. The van der Waals surface area contributed by atoms with Gasteiger partial charge in [-0.05, 0) is 22.9 Å². The molecule has 0 radical (unpaired) electrons. The van der Waals surface area contributed by atoms with Gasteiger partial charge in [0.15, 0.2) is 0 Å². The molecule has 0 spiro atoms. The average Bonchev–Trinajstić information content (AvgIpc) is 2.07. The van der Waals surface area contributed by atoms with Crippen molar-refractivity contribution in [1.82, 2.24) is 10.2 Å². The number of hydrogen-bond acceptors (Lipinski definition) is 3. The molecule has 1 rings (SSSR count). The lowest BCUT2D eigenvalue weighted by Crippen LogP contribution is -2.12. The van der Waals surface area contributed by atoms with E-state index in [1.807, 2.05) is 6.92 Å². The van der Waals surface area contributed by atoms with Crippen molar-refractivity contribution in [3.63, 3.8) is 0 Å². The Morgan fingerprint density at radius 2 is 2.54 bits per heavy atom. The molecule has 1 aromatic rings. The number of hydrogen-bond donors (Lipinski definition) is 2. The van der Waals surface area contributed by atoms with E-state index in [9.17, 15) is 4.79 Å². The lowest BCUT2D eigenvalue weighted by molar-refractivity contribution is 0.975. The normalized spacial score (nSPS) is 9.69. The number of halogens is 1. The molecule has 0 aromatic carbocycles. The molecular weight excluding hydrogens is 234 g/mol. The monoisotopic (exact) mass is 243 g/mol. The predicted octanol–water partition coefficient (Wildman–Crippen LogP) is 1.52. The van der Waals surface area contributed by atoms with Gasteiger partial charge in [0.2, 0.25) is 0 Å². The van der Waals surface area contributed by atoms with Crippen molar-refractivity contribution in [1.29, 1.82) is 0 Å². The van der Waals surface area contributed by atoms with Crippen molar-refractivity contribution in [2.45, 2.75) is 6.92 Å². The molecule has 1 aromatic heterocycles. The highest BCUT2D eigenvalue weighted by atomic mass is 79.9. The molecule has 0 atom stereocenters. The first-order valence-corrected chi connectivity index (χ1v) is 4.52. The van der Waals surface area contributed by atoms with E-state index in [-0.39, 0.29) is 5.56 Å². The number of anilines is 1. The van der Waals surface area contributed by atoms with Crippen LogP contribution in [0.5, 0.6) is 0 Å². The number of aromatic amines is 1. The fourth-order valence-corrected chi connectivity index (χ4v) is 1.08. The Morgan fingerprint density at radius 1 is 1.85 bits per heavy atom. The largest absolute Gasteiger partial charge is 0.379 e. The summed E-state index contributed by atoms with van der Waals surface area (Å²) in [6.07, 6.45) is 1.55. The maximum Gasteiger partial charge on any atom is 0.280 e. The standard InChI is InChI=1S/C8H10BrN3O/c1-5(2)3-10-6-4-11-12-8(13)7(6)9/h4H,1,3H2,2H3,(H2,10,12,13). The second-order valence-electron chi connectivity index (χ2n) is 2.74. The predicted molar refractivity (Wildman–Crippen MR) is 55.9 cm³/mol. The van der Waals surface area contributed by atoms with Gasteiger partial charge in [-0.3, -0.25) is 4.79 Å². The summed E-state index contributed by atoms with van der Waals surface area (Å²) in [5, 5.41) is 9.00. The Kier molecular flexibility index (Phi) is 3.25. The molecule has 2 N–H and O–H groups in total. The van der Waals surface area contributed by atoms with E-state index in [2.05, 4.69) is 38.0 Å². The molecule has 0 fully saturated rings. The van der Waals surface area contributed by atoms with Crippen LogP contribution < -0.4 is 10.9 Å². The van der Waals surface area contributed by atoms with E-state index in [0.29, 0.717) is 16.7 Å². The zero-order valence-corrected chi connectivity index (χ0v) is 8.81. The quantitative estimate of drug-likeness (QED) is 0.792. The van der Waals surface area contributed by atoms with Crippen LogP contribution in [0.15, 0.2) is 27.6 Å². The second-order valence-corrected chi connectivity index (χ2v) is 3.53. The summed E-state index contributed by atoms with van der Waals surface area (Å²) >= 11 is 3.15. The summed E-state index contributed by atoms with van der Waals surface area (Å²) in [4.78, 5) is 11.1. The van der Waals surface area contributed by atoms with Crippen molar-refractivity contribution < 1.29 is 0 Å². The van der Waals surface area contributed by atoms with Crippen molar-refractivity contribution in [3.8, 4) is 0 Å². The molecule has 0 amide bonds. The molecule has 0 aliphatic carbocycles. The Morgan fingerprint density at radius 3 is 3.15 bits per heavy atom. The van der Waals surface area contributed by atoms with Gasteiger partial charge in [-0.15, -0.1) is 0 Å². The first-order valence-electron chi connectivity index (χ1n) is 3.72. The van der Waals surface area contributed by atoms with Gasteiger partial charge in [-0.2, -0.15) is 5.10 Å². The summed E-state index contributed by atoms with van der Waals surface area (Å²) in [6, 6.07) is 0. The Balaban J connectivity index is 2.83. The lowest BCUT2D eigenvalue weighted by Gasteiger charge is -2.05. The van der Waals surface area contributed by atoms with Crippen LogP contribution in [0.1, 0.15) is 6.92 Å². The summed E-state index contributed by atoms with van der Waals surface area (Å²) in [6.45, 7) is 6.27. The maximum atomic E-state index is 11.1. The number of rotatable bonds is 3. The van der Waals surface area contributed by atoms with Gasteiger partial charge in [0, 0.05) is 6.54 Å². The van der Waals surface area contributed by atoms with E-state index in [0.717, 1.165) is 5.57 Å². The minimum absolute atomic E-state index is 0.244. The minimum Gasteiger partial charge on any atom is -0.379 e. The first-order chi connectivity index (χ1) is 6.11. The van der Waals surface area contributed by atoms with Crippen LogP contribution in [-0.2, 0) is 0 Å². The molecule has 1 heterocycles. The first kappa shape index (κ1) is 9.98. The topological polar surface area (TPSA) is 57.8 Å². The van der Waals surface area contributed by atoms with Gasteiger partial charge >= 0.3 is 0 Å². The van der Waals surface area contributed by atoms with Gasteiger partial charge in [0.1, 0.15) is 4.47 Å². The zero-order valence-electron chi connectivity index (χ0n) is 7.22. The third-order valence-electron chi connectivity index (χ3n) is 1.38. The highest BCUT2D eigenvalue weighted by Crippen LogP contribution is 2.14. The van der Waals surface area contributed by atoms with Crippen molar-refractivity contribution in [2.24, 2.45) is 0 Å². The minimum atomic E-state index is -0.244. The molecule has 13 heavy (non-hydrogen) atoms. The molecule has 0 bridgehead atoms. The van der Waals surface area contributed by atoms with Gasteiger partial charge in [0.25, 0.3) is 5.56 Å². The van der Waals surface area contributed by atoms with Crippen LogP contribution in [-0.4, -0.2) is 16.7 Å². The Labute approximate surface area is 84.2 Å². The number of aromatic nitrogens is 2. The molecule has 70 valence electrons. The van der Waals surface area contributed by atoms with Gasteiger partial charge < -0.3 is 5.32 Å². The number of nitrogens with zero attached hydrogens (tertiary/aromatic N) is 1. The van der Waals surface area contributed by atoms with E-state index in [1.165, 1.54) is 0 Å². The maximum absolute atomic E-state index is 11.1. The third-order valence-corrected chi connectivity index (χ3v) is 2.16. The Bertz CT molecular complexity index is 372. The molecular formula is C8H10BrN3O. The number of H-pyrrole nitrogens is 1. The van der Waals surface area contributed by atoms with Crippen LogP contribution >= 0.6 is 15.9 Å². The Hall–Kier alpha value is -1.10. The zero-order chi connectivity index (χ0) is 9.84. The molecule has 0 saturated carbocycles. The average molecular weight is 244 g/mol. The van der Waals surface area contributed by atoms with Crippen LogP contribution in [0.4, 0.5) is 5.69 Å². The summed E-state index contributed by atoms with van der Waals surface area (Å²) < 4.78 is 0.462. The molecule has 5 heteroatoms. The van der Waals surface area contributed by atoms with E-state index >= 15 is 0 Å². The van der Waals surface area contributed by atoms with E-state index < -0.39 is 0 Å². The second kappa shape index (κ2) is 4.23. The lowest BCUT2D eigenvalue weighted by atomic mass is 10.3. The van der Waals surface area contributed by atoms with Crippen molar-refractivity contribution >= 4 is 21.6 Å². The van der Waals surface area contributed by atoms with E-state index in [1.54, 1.807) is 6.20 Å². The molecule has 0 aliphatic heterocycles. The molecule has 0 aliphatic rings. The highest BCUT2D eigenvalue weighted by Gasteiger charge is 2.02. The van der Waals surface area contributed by atoms with Crippen LogP contribution in [0, 0.1) is 0 Å². The number of nitrogens with one attached hydrogen (secondary N) is 2. The van der Waals surface area contributed by atoms with Gasteiger partial charge in [0.05, 0.1) is 11.9 Å². The summed E-state index contributed by atoms with van der Waals surface area (Å²) in [5.74, 6) is 0. The molecule has 0 unspecified atom stereocenters. The van der Waals surface area contributed by atoms with Gasteiger partial charge in [-0.25, -0.2) is 5.10 Å². The van der Waals surface area contributed by atoms with Crippen molar-refractivity contribution in [2.75, 3.05) is 11.9 Å².